The van der Waals surface area contributed by atoms with Gasteiger partial charge in [0.25, 0.3) is 0 Å². The second kappa shape index (κ2) is 6.27. The van der Waals surface area contributed by atoms with E-state index in [1.165, 1.54) is 4.90 Å². The fourth-order valence-corrected chi connectivity index (χ4v) is 4.47. The van der Waals surface area contributed by atoms with Gasteiger partial charge in [-0.1, -0.05) is 12.2 Å². The summed E-state index contributed by atoms with van der Waals surface area (Å²) in [7, 11) is 0. The third-order valence-corrected chi connectivity index (χ3v) is 5.70. The molecule has 2 aliphatic carbocycles. The molecule has 2 bridgehead atoms. The van der Waals surface area contributed by atoms with E-state index in [4.69, 9.17) is 4.74 Å². The minimum absolute atomic E-state index is 0.146. The van der Waals surface area contributed by atoms with Gasteiger partial charge in [-0.05, 0) is 56.4 Å². The molecule has 0 unspecified atom stereocenters. The lowest BCUT2D eigenvalue weighted by molar-refractivity contribution is -0.146. The molecule has 26 heavy (non-hydrogen) atoms. The second-order valence-corrected chi connectivity index (χ2v) is 7.17. The van der Waals surface area contributed by atoms with E-state index in [1.54, 1.807) is 31.2 Å². The van der Waals surface area contributed by atoms with Gasteiger partial charge in [0, 0.05) is 5.69 Å². The minimum atomic E-state index is -0.827. The van der Waals surface area contributed by atoms with Crippen LogP contribution in [0.5, 0.6) is 5.75 Å². The number of likely N-dealkylation sites (tertiary alicyclic amines) is 1. The molecule has 4 rings (SSSR count). The molecule has 0 radical (unpaired) electrons. The number of hydrogen-bond donors (Lipinski definition) is 1. The number of imide groups is 1. The molecule has 0 aromatic heterocycles. The highest BCUT2D eigenvalue weighted by molar-refractivity contribution is 6.10. The number of benzene rings is 1. The molecule has 1 aromatic carbocycles. The normalized spacial score (nSPS) is 29.8. The van der Waals surface area contributed by atoms with Gasteiger partial charge >= 0.3 is 0 Å². The van der Waals surface area contributed by atoms with Gasteiger partial charge in [0.2, 0.25) is 17.7 Å². The zero-order valence-corrected chi connectivity index (χ0v) is 14.8. The highest BCUT2D eigenvalue weighted by Gasteiger charge is 2.60. The van der Waals surface area contributed by atoms with Crippen molar-refractivity contribution in [3.63, 3.8) is 0 Å². The van der Waals surface area contributed by atoms with Gasteiger partial charge in [-0.25, -0.2) is 0 Å². The fourth-order valence-electron chi connectivity index (χ4n) is 4.47. The largest absolute Gasteiger partial charge is 0.494 e. The van der Waals surface area contributed by atoms with Crippen LogP contribution in [0.2, 0.25) is 0 Å². The van der Waals surface area contributed by atoms with E-state index in [-0.39, 0.29) is 41.4 Å². The smallest absolute Gasteiger partial charge is 0.247 e. The molecule has 3 amide bonds. The maximum atomic E-state index is 12.8. The summed E-state index contributed by atoms with van der Waals surface area (Å²) in [5.41, 5.74) is 0.603. The van der Waals surface area contributed by atoms with Crippen molar-refractivity contribution < 1.29 is 19.1 Å². The second-order valence-electron chi connectivity index (χ2n) is 7.17. The average Bonchev–Trinajstić information content (AvgIpc) is 3.30. The molecule has 5 atom stereocenters. The van der Waals surface area contributed by atoms with E-state index in [9.17, 15) is 14.4 Å². The summed E-state index contributed by atoms with van der Waals surface area (Å²) in [6, 6.07) is 6.18. The van der Waals surface area contributed by atoms with E-state index in [2.05, 4.69) is 5.32 Å². The van der Waals surface area contributed by atoms with Crippen LogP contribution in [-0.4, -0.2) is 35.3 Å². The van der Waals surface area contributed by atoms with Crippen molar-refractivity contribution in [3.8, 4) is 5.75 Å². The lowest BCUT2D eigenvalue weighted by Crippen LogP contribution is -2.46. The van der Waals surface area contributed by atoms with E-state index < -0.39 is 6.04 Å². The predicted octanol–water partition coefficient (Wildman–Crippen LogP) is 2.22. The maximum Gasteiger partial charge on any atom is 0.247 e. The van der Waals surface area contributed by atoms with E-state index in [0.29, 0.717) is 12.3 Å². The van der Waals surface area contributed by atoms with Gasteiger partial charge < -0.3 is 10.1 Å². The Balaban J connectivity index is 1.46. The highest BCUT2D eigenvalue weighted by atomic mass is 16.5. The first-order valence-electron chi connectivity index (χ1n) is 9.10. The summed E-state index contributed by atoms with van der Waals surface area (Å²) >= 11 is 0. The summed E-state index contributed by atoms with van der Waals surface area (Å²) in [4.78, 5) is 39.3. The number of nitrogens with zero attached hydrogens (tertiary/aromatic N) is 1. The molecule has 3 aliphatic rings. The number of fused-ring (bicyclic) bond motifs is 5. The number of nitrogens with one attached hydrogen (secondary N) is 1. The number of hydrogen-bond acceptors (Lipinski definition) is 4. The molecule has 1 N–H and O–H groups in total. The zero-order chi connectivity index (χ0) is 18.4. The molecule has 0 spiro atoms. The Hall–Kier alpha value is -2.63. The number of allylic oxidation sites excluding steroid dienone is 2. The standard InChI is InChI=1S/C20H22N2O4/c1-3-26-15-8-6-14(7-9-15)21-18(23)11(2)22-19(24)16-12-4-5-13(10-12)17(16)20(22)25/h4-9,11-13,16-17H,3,10H2,1-2H3,(H,21,23)/t11-,12+,13+,16-,17+/m0/s1. The van der Waals surface area contributed by atoms with Crippen molar-refractivity contribution in [2.24, 2.45) is 23.7 Å². The van der Waals surface area contributed by atoms with E-state index in [0.717, 1.165) is 12.2 Å². The van der Waals surface area contributed by atoms with Crippen molar-refractivity contribution >= 4 is 23.4 Å². The molecular weight excluding hydrogens is 332 g/mol. The van der Waals surface area contributed by atoms with Crippen molar-refractivity contribution in [1.29, 1.82) is 0 Å². The van der Waals surface area contributed by atoms with Crippen molar-refractivity contribution in [2.45, 2.75) is 26.3 Å². The van der Waals surface area contributed by atoms with E-state index in [1.807, 2.05) is 19.1 Å². The van der Waals surface area contributed by atoms with Gasteiger partial charge in [-0.2, -0.15) is 0 Å². The Morgan fingerprint density at radius 2 is 1.73 bits per heavy atom. The molecule has 1 saturated carbocycles. The molecule has 6 nitrogen and oxygen atoms in total. The van der Waals surface area contributed by atoms with Gasteiger partial charge in [-0.3, -0.25) is 19.3 Å². The molecule has 1 saturated heterocycles. The lowest BCUT2D eigenvalue weighted by Gasteiger charge is -2.23. The van der Waals surface area contributed by atoms with Crippen LogP contribution < -0.4 is 10.1 Å². The van der Waals surface area contributed by atoms with Crippen LogP contribution in [0, 0.1) is 23.7 Å². The van der Waals surface area contributed by atoms with Crippen molar-refractivity contribution in [3.05, 3.63) is 36.4 Å². The SMILES string of the molecule is CCOc1ccc(NC(=O)[C@H](C)N2C(=O)[C@@H]3[C@H](C2=O)[C@@H]2C=C[C@@H]3C2)cc1. The summed E-state index contributed by atoms with van der Waals surface area (Å²) in [5, 5.41) is 2.78. The summed E-state index contributed by atoms with van der Waals surface area (Å²) < 4.78 is 5.37. The average molecular weight is 354 g/mol. The van der Waals surface area contributed by atoms with Crippen molar-refractivity contribution in [1.82, 2.24) is 4.90 Å². The van der Waals surface area contributed by atoms with Crippen LogP contribution in [0.25, 0.3) is 0 Å². The van der Waals surface area contributed by atoms with Crippen molar-refractivity contribution in [2.75, 3.05) is 11.9 Å². The lowest BCUT2D eigenvalue weighted by atomic mass is 9.85. The Morgan fingerprint density at radius 1 is 1.15 bits per heavy atom. The first kappa shape index (κ1) is 16.8. The monoisotopic (exact) mass is 354 g/mol. The van der Waals surface area contributed by atoms with Crippen LogP contribution in [-0.2, 0) is 14.4 Å². The quantitative estimate of drug-likeness (QED) is 0.650. The maximum absolute atomic E-state index is 12.8. The van der Waals surface area contributed by atoms with Crippen LogP contribution in [0.4, 0.5) is 5.69 Å². The molecule has 1 aromatic rings. The number of carbonyl (C=O) groups excluding carboxylic acids is 3. The Labute approximate surface area is 152 Å². The molecule has 1 aliphatic heterocycles. The van der Waals surface area contributed by atoms with E-state index >= 15 is 0 Å². The Bertz CT molecular complexity index is 756. The number of anilines is 1. The summed E-state index contributed by atoms with van der Waals surface area (Å²) in [6.45, 7) is 4.08. The van der Waals surface area contributed by atoms with Crippen LogP contribution in [0.3, 0.4) is 0 Å². The fraction of sp³-hybridized carbons (Fsp3) is 0.450. The zero-order valence-electron chi connectivity index (χ0n) is 14.8. The molecule has 136 valence electrons. The molecule has 2 fully saturated rings. The number of rotatable bonds is 5. The van der Waals surface area contributed by atoms with Gasteiger partial charge in [0.1, 0.15) is 11.8 Å². The first-order valence-corrected chi connectivity index (χ1v) is 9.10. The summed E-state index contributed by atoms with van der Waals surface area (Å²) in [6.07, 6.45) is 4.98. The van der Waals surface area contributed by atoms with Gasteiger partial charge in [0.15, 0.2) is 0 Å². The molecule has 1 heterocycles. The summed E-state index contributed by atoms with van der Waals surface area (Å²) in [5.74, 6) is -0.315. The number of ether oxygens (including phenoxy) is 1. The van der Waals surface area contributed by atoms with Crippen LogP contribution in [0.15, 0.2) is 36.4 Å². The number of amides is 3. The third kappa shape index (κ3) is 2.52. The van der Waals surface area contributed by atoms with Gasteiger partial charge in [-0.15, -0.1) is 0 Å². The first-order chi connectivity index (χ1) is 12.5. The van der Waals surface area contributed by atoms with Crippen LogP contribution >= 0.6 is 0 Å². The Kier molecular flexibility index (Phi) is 4.05. The predicted molar refractivity (Wildman–Crippen MR) is 95.3 cm³/mol. The topological polar surface area (TPSA) is 75.7 Å². The number of carbonyl (C=O) groups is 3. The highest BCUT2D eigenvalue weighted by Crippen LogP contribution is 2.52. The third-order valence-electron chi connectivity index (χ3n) is 5.70. The molecular formula is C20H22N2O4. The minimum Gasteiger partial charge on any atom is -0.494 e. The van der Waals surface area contributed by atoms with Gasteiger partial charge in [0.05, 0.1) is 18.4 Å². The molecule has 6 heteroatoms. The Morgan fingerprint density at radius 3 is 2.27 bits per heavy atom. The van der Waals surface area contributed by atoms with Crippen LogP contribution in [0.1, 0.15) is 20.3 Å².